The number of amides is 1. The van der Waals surface area contributed by atoms with Crippen molar-refractivity contribution in [3.8, 4) is 0 Å². The number of rotatable bonds is 4. The number of hydrogen-bond acceptors (Lipinski definition) is 3. The molecule has 3 atom stereocenters. The van der Waals surface area contributed by atoms with Gasteiger partial charge in [0.05, 0.1) is 5.92 Å². The zero-order valence-corrected chi connectivity index (χ0v) is 10.6. The molecular formula is C14H18N2O3. The SMILES string of the molecule is NC(C(=O)N[C@H]1CC[C@@H](C(=O)O)C1)c1ccccc1. The lowest BCUT2D eigenvalue weighted by molar-refractivity contribution is -0.141. The van der Waals surface area contributed by atoms with Gasteiger partial charge in [-0.15, -0.1) is 0 Å². The molecule has 1 aromatic carbocycles. The molecule has 4 N–H and O–H groups in total. The minimum Gasteiger partial charge on any atom is -0.481 e. The molecule has 0 radical (unpaired) electrons. The Morgan fingerprint density at radius 3 is 2.53 bits per heavy atom. The van der Waals surface area contributed by atoms with Crippen LogP contribution in [0.4, 0.5) is 0 Å². The van der Waals surface area contributed by atoms with Crippen LogP contribution in [0.25, 0.3) is 0 Å². The number of aliphatic carboxylic acids is 1. The van der Waals surface area contributed by atoms with E-state index in [4.69, 9.17) is 10.8 Å². The van der Waals surface area contributed by atoms with Crippen molar-refractivity contribution in [3.63, 3.8) is 0 Å². The lowest BCUT2D eigenvalue weighted by Crippen LogP contribution is -2.39. The highest BCUT2D eigenvalue weighted by molar-refractivity contribution is 5.83. The molecule has 0 aliphatic heterocycles. The molecule has 1 aliphatic carbocycles. The van der Waals surface area contributed by atoms with Crippen molar-refractivity contribution in [1.82, 2.24) is 5.32 Å². The summed E-state index contributed by atoms with van der Waals surface area (Å²) in [6.07, 6.45) is 1.80. The van der Waals surface area contributed by atoms with E-state index in [1.807, 2.05) is 18.2 Å². The molecule has 0 aromatic heterocycles. The van der Waals surface area contributed by atoms with Gasteiger partial charge in [0, 0.05) is 6.04 Å². The number of hydrogen-bond donors (Lipinski definition) is 3. The summed E-state index contributed by atoms with van der Waals surface area (Å²) >= 11 is 0. The summed E-state index contributed by atoms with van der Waals surface area (Å²) in [6, 6.07) is 8.35. The van der Waals surface area contributed by atoms with Gasteiger partial charge in [-0.1, -0.05) is 30.3 Å². The van der Waals surface area contributed by atoms with E-state index in [9.17, 15) is 9.59 Å². The first-order chi connectivity index (χ1) is 9.08. The quantitative estimate of drug-likeness (QED) is 0.756. The van der Waals surface area contributed by atoms with Crippen molar-refractivity contribution in [2.45, 2.75) is 31.3 Å². The van der Waals surface area contributed by atoms with Crippen LogP contribution >= 0.6 is 0 Å². The predicted molar refractivity (Wildman–Crippen MR) is 70.3 cm³/mol. The first-order valence-corrected chi connectivity index (χ1v) is 6.41. The van der Waals surface area contributed by atoms with Gasteiger partial charge in [-0.05, 0) is 24.8 Å². The van der Waals surface area contributed by atoms with Crippen LogP contribution in [0.15, 0.2) is 30.3 Å². The molecule has 0 bridgehead atoms. The third kappa shape index (κ3) is 3.32. The fraction of sp³-hybridized carbons (Fsp3) is 0.429. The predicted octanol–water partition coefficient (Wildman–Crippen LogP) is 1.06. The van der Waals surface area contributed by atoms with Crippen LogP contribution in [-0.2, 0) is 9.59 Å². The van der Waals surface area contributed by atoms with E-state index in [0.29, 0.717) is 19.3 Å². The Morgan fingerprint density at radius 2 is 1.95 bits per heavy atom. The van der Waals surface area contributed by atoms with Gasteiger partial charge in [0.25, 0.3) is 0 Å². The average Bonchev–Trinajstić information content (AvgIpc) is 2.87. The third-order valence-electron chi connectivity index (χ3n) is 3.57. The van der Waals surface area contributed by atoms with Crippen LogP contribution in [0.1, 0.15) is 30.9 Å². The Hall–Kier alpha value is -1.88. The van der Waals surface area contributed by atoms with Crippen molar-refractivity contribution in [2.24, 2.45) is 11.7 Å². The van der Waals surface area contributed by atoms with E-state index in [-0.39, 0.29) is 17.9 Å². The molecule has 19 heavy (non-hydrogen) atoms. The van der Waals surface area contributed by atoms with Gasteiger partial charge in [-0.2, -0.15) is 0 Å². The van der Waals surface area contributed by atoms with E-state index >= 15 is 0 Å². The molecular weight excluding hydrogens is 244 g/mol. The maximum Gasteiger partial charge on any atom is 0.306 e. The Kier molecular flexibility index (Phi) is 4.16. The topological polar surface area (TPSA) is 92.4 Å². The number of carboxylic acid groups (broad SMARTS) is 1. The molecule has 0 heterocycles. The normalized spacial score (nSPS) is 23.8. The summed E-state index contributed by atoms with van der Waals surface area (Å²) in [4.78, 5) is 22.8. The van der Waals surface area contributed by atoms with Crippen LogP contribution in [0, 0.1) is 5.92 Å². The maximum atomic E-state index is 12.0. The molecule has 0 saturated heterocycles. The molecule has 0 spiro atoms. The van der Waals surface area contributed by atoms with E-state index in [0.717, 1.165) is 5.56 Å². The molecule has 1 saturated carbocycles. The van der Waals surface area contributed by atoms with Gasteiger partial charge in [-0.25, -0.2) is 0 Å². The number of carbonyl (C=O) groups is 2. The third-order valence-corrected chi connectivity index (χ3v) is 3.57. The second-order valence-corrected chi connectivity index (χ2v) is 4.94. The monoisotopic (exact) mass is 262 g/mol. The lowest BCUT2D eigenvalue weighted by Gasteiger charge is -2.17. The lowest BCUT2D eigenvalue weighted by atomic mass is 10.1. The number of carbonyl (C=O) groups excluding carboxylic acids is 1. The van der Waals surface area contributed by atoms with Crippen LogP contribution < -0.4 is 11.1 Å². The van der Waals surface area contributed by atoms with Gasteiger partial charge in [0.2, 0.25) is 5.91 Å². The van der Waals surface area contributed by atoms with Crippen molar-refractivity contribution >= 4 is 11.9 Å². The van der Waals surface area contributed by atoms with Crippen molar-refractivity contribution < 1.29 is 14.7 Å². The molecule has 102 valence electrons. The molecule has 1 unspecified atom stereocenters. The first-order valence-electron chi connectivity index (χ1n) is 6.41. The molecule has 5 nitrogen and oxygen atoms in total. The summed E-state index contributed by atoms with van der Waals surface area (Å²) < 4.78 is 0. The maximum absolute atomic E-state index is 12.0. The van der Waals surface area contributed by atoms with Gasteiger partial charge in [0.1, 0.15) is 6.04 Å². The van der Waals surface area contributed by atoms with Gasteiger partial charge >= 0.3 is 5.97 Å². The van der Waals surface area contributed by atoms with Gasteiger partial charge in [0.15, 0.2) is 0 Å². The first kappa shape index (κ1) is 13.5. The minimum atomic E-state index is -0.788. The van der Waals surface area contributed by atoms with Crippen LogP contribution in [0.3, 0.4) is 0 Å². The van der Waals surface area contributed by atoms with Gasteiger partial charge in [-0.3, -0.25) is 9.59 Å². The van der Waals surface area contributed by atoms with E-state index in [2.05, 4.69) is 5.32 Å². The summed E-state index contributed by atoms with van der Waals surface area (Å²) in [6.45, 7) is 0. The highest BCUT2D eigenvalue weighted by Crippen LogP contribution is 2.26. The smallest absolute Gasteiger partial charge is 0.306 e. The van der Waals surface area contributed by atoms with E-state index < -0.39 is 12.0 Å². The number of carboxylic acids is 1. The number of nitrogens with one attached hydrogen (secondary N) is 1. The highest BCUT2D eigenvalue weighted by Gasteiger charge is 2.31. The second-order valence-electron chi connectivity index (χ2n) is 4.94. The van der Waals surface area contributed by atoms with Crippen molar-refractivity contribution in [3.05, 3.63) is 35.9 Å². The Labute approximate surface area is 111 Å². The minimum absolute atomic E-state index is 0.0802. The Balaban J connectivity index is 1.90. The van der Waals surface area contributed by atoms with Gasteiger partial charge < -0.3 is 16.2 Å². The number of benzene rings is 1. The van der Waals surface area contributed by atoms with Crippen molar-refractivity contribution in [2.75, 3.05) is 0 Å². The second kappa shape index (κ2) is 5.84. The van der Waals surface area contributed by atoms with Crippen LogP contribution in [-0.4, -0.2) is 23.0 Å². The van der Waals surface area contributed by atoms with Crippen molar-refractivity contribution in [1.29, 1.82) is 0 Å². The summed E-state index contributed by atoms with van der Waals surface area (Å²) in [5, 5.41) is 11.7. The van der Waals surface area contributed by atoms with Crippen LogP contribution in [0.5, 0.6) is 0 Å². The summed E-state index contributed by atoms with van der Waals surface area (Å²) in [5.41, 5.74) is 6.64. The van der Waals surface area contributed by atoms with E-state index in [1.54, 1.807) is 12.1 Å². The number of nitrogens with two attached hydrogens (primary N) is 1. The summed E-state index contributed by atoms with van der Waals surface area (Å²) in [7, 11) is 0. The largest absolute Gasteiger partial charge is 0.481 e. The fourth-order valence-electron chi connectivity index (χ4n) is 2.44. The Morgan fingerprint density at radius 1 is 1.26 bits per heavy atom. The average molecular weight is 262 g/mol. The summed E-state index contributed by atoms with van der Waals surface area (Å²) in [5.74, 6) is -1.38. The zero-order valence-electron chi connectivity index (χ0n) is 10.6. The molecule has 5 heteroatoms. The zero-order chi connectivity index (χ0) is 13.8. The fourth-order valence-corrected chi connectivity index (χ4v) is 2.44. The highest BCUT2D eigenvalue weighted by atomic mass is 16.4. The molecule has 2 rings (SSSR count). The van der Waals surface area contributed by atoms with E-state index in [1.165, 1.54) is 0 Å². The molecule has 1 amide bonds. The molecule has 1 aliphatic rings. The molecule has 1 fully saturated rings. The molecule has 1 aromatic rings. The Bertz CT molecular complexity index is 461. The standard InChI is InChI=1S/C14H18N2O3/c15-12(9-4-2-1-3-5-9)13(17)16-11-7-6-10(8-11)14(18)19/h1-5,10-12H,6-8,15H2,(H,16,17)(H,18,19)/t10-,11+,12?/m1/s1. The van der Waals surface area contributed by atoms with Crippen LogP contribution in [0.2, 0.25) is 0 Å².